The lowest BCUT2D eigenvalue weighted by Crippen LogP contribution is -2.50. The van der Waals surface area contributed by atoms with E-state index in [1.54, 1.807) is 0 Å². The molecule has 116 valence electrons. The van der Waals surface area contributed by atoms with E-state index in [4.69, 9.17) is 0 Å². The van der Waals surface area contributed by atoms with Crippen LogP contribution in [0.25, 0.3) is 0 Å². The maximum Gasteiger partial charge on any atom is 0.236 e. The van der Waals surface area contributed by atoms with Gasteiger partial charge in [0.05, 0.1) is 6.54 Å². The molecule has 0 spiro atoms. The van der Waals surface area contributed by atoms with Gasteiger partial charge >= 0.3 is 0 Å². The van der Waals surface area contributed by atoms with Crippen molar-refractivity contribution >= 4 is 11.6 Å². The van der Waals surface area contributed by atoms with E-state index in [0.29, 0.717) is 6.54 Å². The maximum absolute atomic E-state index is 12.1. The summed E-state index contributed by atoms with van der Waals surface area (Å²) in [6.45, 7) is 12.3. The van der Waals surface area contributed by atoms with Gasteiger partial charge in [-0.2, -0.15) is 0 Å². The van der Waals surface area contributed by atoms with Crippen molar-refractivity contribution in [3.8, 4) is 0 Å². The maximum atomic E-state index is 12.1. The molecule has 0 aromatic heterocycles. The van der Waals surface area contributed by atoms with Crippen LogP contribution in [0.3, 0.4) is 0 Å². The molecule has 1 aromatic carbocycles. The molecule has 4 nitrogen and oxygen atoms in total. The van der Waals surface area contributed by atoms with E-state index in [1.165, 1.54) is 11.3 Å². The van der Waals surface area contributed by atoms with Crippen molar-refractivity contribution in [2.75, 3.05) is 50.7 Å². The lowest BCUT2D eigenvalue weighted by atomic mass is 10.1. The number of anilines is 1. The molecule has 1 saturated heterocycles. The van der Waals surface area contributed by atoms with Crippen LogP contribution in [0.2, 0.25) is 0 Å². The number of likely N-dealkylation sites (N-methyl/N-ethyl adjacent to an activating group) is 1. The van der Waals surface area contributed by atoms with Crippen LogP contribution in [0.4, 0.5) is 5.69 Å². The highest BCUT2D eigenvalue weighted by atomic mass is 16.2. The molecule has 1 heterocycles. The standard InChI is InChI=1S/C17H27N3O/c1-4-19(5-2)17(21)14-18-10-12-20(13-11-18)16-9-7-6-8-15(16)3/h6-9H,4-5,10-14H2,1-3H3. The lowest BCUT2D eigenvalue weighted by molar-refractivity contribution is -0.132. The molecule has 1 aliphatic heterocycles. The number of rotatable bonds is 5. The zero-order valence-electron chi connectivity index (χ0n) is 13.5. The SMILES string of the molecule is CCN(CC)C(=O)CN1CCN(c2ccccc2C)CC1. The predicted octanol–water partition coefficient (Wildman–Crippen LogP) is 1.99. The number of piperazine rings is 1. The fraction of sp³-hybridized carbons (Fsp3) is 0.588. The summed E-state index contributed by atoms with van der Waals surface area (Å²) in [4.78, 5) is 18.8. The van der Waals surface area contributed by atoms with Crippen molar-refractivity contribution in [2.45, 2.75) is 20.8 Å². The third kappa shape index (κ3) is 3.97. The van der Waals surface area contributed by atoms with Gasteiger partial charge in [0.15, 0.2) is 0 Å². The highest BCUT2D eigenvalue weighted by Crippen LogP contribution is 2.20. The van der Waals surface area contributed by atoms with Gasteiger partial charge in [-0.15, -0.1) is 0 Å². The fourth-order valence-electron chi connectivity index (χ4n) is 2.93. The van der Waals surface area contributed by atoms with Crippen LogP contribution in [0.15, 0.2) is 24.3 Å². The van der Waals surface area contributed by atoms with Gasteiger partial charge in [-0.3, -0.25) is 9.69 Å². The molecule has 1 aromatic rings. The first-order chi connectivity index (χ1) is 10.2. The Hall–Kier alpha value is -1.55. The van der Waals surface area contributed by atoms with Gasteiger partial charge in [0.25, 0.3) is 0 Å². The minimum absolute atomic E-state index is 0.254. The van der Waals surface area contributed by atoms with Crippen molar-refractivity contribution in [3.63, 3.8) is 0 Å². The topological polar surface area (TPSA) is 26.8 Å². The first-order valence-corrected chi connectivity index (χ1v) is 7.96. The monoisotopic (exact) mass is 289 g/mol. The van der Waals surface area contributed by atoms with Gasteiger partial charge in [0.2, 0.25) is 5.91 Å². The van der Waals surface area contributed by atoms with Crippen LogP contribution in [0, 0.1) is 6.92 Å². The molecule has 0 bridgehead atoms. The van der Waals surface area contributed by atoms with Crippen LogP contribution >= 0.6 is 0 Å². The van der Waals surface area contributed by atoms with Gasteiger partial charge < -0.3 is 9.80 Å². The normalized spacial score (nSPS) is 16.0. The fourth-order valence-corrected chi connectivity index (χ4v) is 2.93. The number of hydrogen-bond donors (Lipinski definition) is 0. The largest absolute Gasteiger partial charge is 0.369 e. The Kier molecular flexibility index (Phi) is 5.62. The summed E-state index contributed by atoms with van der Waals surface area (Å²) in [5.41, 5.74) is 2.65. The summed E-state index contributed by atoms with van der Waals surface area (Å²) >= 11 is 0. The quantitative estimate of drug-likeness (QED) is 0.829. The van der Waals surface area contributed by atoms with E-state index in [-0.39, 0.29) is 5.91 Å². The summed E-state index contributed by atoms with van der Waals surface area (Å²) in [6.07, 6.45) is 0. The molecule has 0 N–H and O–H groups in total. The number of para-hydroxylation sites is 1. The van der Waals surface area contributed by atoms with Crippen molar-refractivity contribution in [3.05, 3.63) is 29.8 Å². The van der Waals surface area contributed by atoms with Crippen molar-refractivity contribution < 1.29 is 4.79 Å². The molecule has 0 aliphatic carbocycles. The molecule has 21 heavy (non-hydrogen) atoms. The second-order valence-corrected chi connectivity index (χ2v) is 5.62. The Balaban J connectivity index is 1.86. The number of benzene rings is 1. The Labute approximate surface area is 128 Å². The van der Waals surface area contributed by atoms with E-state index >= 15 is 0 Å². The number of amides is 1. The molecule has 0 unspecified atom stereocenters. The van der Waals surface area contributed by atoms with Crippen molar-refractivity contribution in [1.82, 2.24) is 9.80 Å². The average Bonchev–Trinajstić information content (AvgIpc) is 2.50. The molecule has 1 aliphatic rings. The molecule has 1 fully saturated rings. The first-order valence-electron chi connectivity index (χ1n) is 7.96. The van der Waals surface area contributed by atoms with Crippen LogP contribution in [0.1, 0.15) is 19.4 Å². The molecule has 1 amide bonds. The van der Waals surface area contributed by atoms with E-state index in [9.17, 15) is 4.79 Å². The van der Waals surface area contributed by atoms with E-state index in [2.05, 4.69) is 41.0 Å². The minimum atomic E-state index is 0.254. The minimum Gasteiger partial charge on any atom is -0.369 e. The van der Waals surface area contributed by atoms with E-state index in [0.717, 1.165) is 39.3 Å². The second-order valence-electron chi connectivity index (χ2n) is 5.62. The Bertz CT molecular complexity index is 463. The van der Waals surface area contributed by atoms with Crippen LogP contribution < -0.4 is 4.90 Å². The van der Waals surface area contributed by atoms with Gasteiger partial charge in [0, 0.05) is 45.0 Å². The number of aryl methyl sites for hydroxylation is 1. The summed E-state index contributed by atoms with van der Waals surface area (Å²) in [7, 11) is 0. The summed E-state index contributed by atoms with van der Waals surface area (Å²) in [5, 5.41) is 0. The molecule has 0 atom stereocenters. The highest BCUT2D eigenvalue weighted by molar-refractivity contribution is 5.78. The van der Waals surface area contributed by atoms with E-state index in [1.807, 2.05) is 18.7 Å². The second kappa shape index (κ2) is 7.46. The average molecular weight is 289 g/mol. The summed E-state index contributed by atoms with van der Waals surface area (Å²) < 4.78 is 0. The van der Waals surface area contributed by atoms with Gasteiger partial charge in [-0.1, -0.05) is 18.2 Å². The first kappa shape index (κ1) is 15.8. The molecular weight excluding hydrogens is 262 g/mol. The number of carbonyl (C=O) groups is 1. The lowest BCUT2D eigenvalue weighted by Gasteiger charge is -2.37. The van der Waals surface area contributed by atoms with E-state index < -0.39 is 0 Å². The summed E-state index contributed by atoms with van der Waals surface area (Å²) in [5.74, 6) is 0.254. The molecule has 4 heteroatoms. The van der Waals surface area contributed by atoms with Gasteiger partial charge in [0.1, 0.15) is 0 Å². The highest BCUT2D eigenvalue weighted by Gasteiger charge is 2.21. The third-order valence-corrected chi connectivity index (χ3v) is 4.30. The Morgan fingerprint density at radius 1 is 1.10 bits per heavy atom. The van der Waals surface area contributed by atoms with Crippen molar-refractivity contribution in [2.24, 2.45) is 0 Å². The van der Waals surface area contributed by atoms with Gasteiger partial charge in [-0.25, -0.2) is 0 Å². The molecule has 2 rings (SSSR count). The van der Waals surface area contributed by atoms with Crippen molar-refractivity contribution in [1.29, 1.82) is 0 Å². The molecule has 0 saturated carbocycles. The summed E-state index contributed by atoms with van der Waals surface area (Å²) in [6, 6.07) is 8.52. The van der Waals surface area contributed by atoms with Crippen LogP contribution in [-0.2, 0) is 4.79 Å². The zero-order chi connectivity index (χ0) is 15.2. The van der Waals surface area contributed by atoms with Gasteiger partial charge in [-0.05, 0) is 32.4 Å². The predicted molar refractivity (Wildman–Crippen MR) is 87.8 cm³/mol. The molecular formula is C17H27N3O. The Morgan fingerprint density at radius 2 is 1.71 bits per heavy atom. The smallest absolute Gasteiger partial charge is 0.236 e. The molecule has 0 radical (unpaired) electrons. The third-order valence-electron chi connectivity index (χ3n) is 4.30. The Morgan fingerprint density at radius 3 is 2.29 bits per heavy atom. The van der Waals surface area contributed by atoms with Crippen LogP contribution in [0.5, 0.6) is 0 Å². The zero-order valence-corrected chi connectivity index (χ0v) is 13.5. The number of carbonyl (C=O) groups excluding carboxylic acids is 1. The number of nitrogens with zero attached hydrogens (tertiary/aromatic N) is 3. The van der Waals surface area contributed by atoms with Crippen LogP contribution in [-0.4, -0.2) is 61.5 Å². The number of hydrogen-bond acceptors (Lipinski definition) is 3.